The van der Waals surface area contributed by atoms with Crippen LogP contribution in [0, 0.1) is 26.6 Å². The molecule has 7 rings (SSSR count). The molecule has 3 heteroatoms. The number of hydrogen-bond acceptors (Lipinski definition) is 1. The summed E-state index contributed by atoms with van der Waals surface area (Å²) in [5.74, 6) is -0.396. The Hall–Kier alpha value is -4.50. The average molecular weight is 498 g/mol. The second-order valence-corrected chi connectivity index (χ2v) is 10.3. The number of nitrogens with zero attached hydrogens (tertiary/aromatic N) is 1. The third kappa shape index (κ3) is 3.21. The molecule has 7 aromatic rings. The van der Waals surface area contributed by atoms with Crippen molar-refractivity contribution in [2.75, 3.05) is 0 Å². The predicted octanol–water partition coefficient (Wildman–Crippen LogP) is 9.12. The van der Waals surface area contributed by atoms with Gasteiger partial charge in [-0.2, -0.15) is 0 Å². The number of benzene rings is 5. The van der Waals surface area contributed by atoms with E-state index in [1.54, 1.807) is 0 Å². The first kappa shape index (κ1) is 21.6. The first-order valence-electron chi connectivity index (χ1n) is 13.4. The summed E-state index contributed by atoms with van der Waals surface area (Å²) in [6, 6.07) is 25.8. The van der Waals surface area contributed by atoms with Crippen LogP contribution in [-0.2, 0) is 7.05 Å². The lowest BCUT2D eigenvalue weighted by Gasteiger charge is -2.12. The van der Waals surface area contributed by atoms with E-state index in [2.05, 4.69) is 49.7 Å². The van der Waals surface area contributed by atoms with Gasteiger partial charge in [0.05, 0.1) is 12.5 Å². The Morgan fingerprint density at radius 2 is 1.47 bits per heavy atom. The van der Waals surface area contributed by atoms with Crippen molar-refractivity contribution in [3.05, 3.63) is 114 Å². The Morgan fingerprint density at radius 3 is 2.26 bits per heavy atom. The van der Waals surface area contributed by atoms with Crippen molar-refractivity contribution in [1.82, 2.24) is 0 Å². The van der Waals surface area contributed by atoms with Gasteiger partial charge in [0, 0.05) is 22.4 Å². The molecule has 0 N–H and O–H groups in total. The van der Waals surface area contributed by atoms with Gasteiger partial charge in [-0.25, -0.2) is 8.96 Å². The highest BCUT2D eigenvalue weighted by molar-refractivity contribution is 6.19. The lowest BCUT2D eigenvalue weighted by Crippen LogP contribution is -2.31. The van der Waals surface area contributed by atoms with Gasteiger partial charge >= 0.3 is 0 Å². The van der Waals surface area contributed by atoms with Gasteiger partial charge in [0.2, 0.25) is 5.69 Å². The van der Waals surface area contributed by atoms with Crippen LogP contribution in [0.4, 0.5) is 4.39 Å². The monoisotopic (exact) mass is 497 g/mol. The van der Waals surface area contributed by atoms with E-state index in [1.165, 1.54) is 11.6 Å². The fourth-order valence-corrected chi connectivity index (χ4v) is 6.07. The minimum Gasteiger partial charge on any atom is -0.454 e. The molecule has 0 saturated heterocycles. The molecule has 0 bridgehead atoms. The normalized spacial score (nSPS) is 12.2. The molecule has 0 fully saturated rings. The lowest BCUT2D eigenvalue weighted by molar-refractivity contribution is -0.660. The molecular formula is C35H27FNO+. The quantitative estimate of drug-likeness (QED) is 0.172. The summed E-state index contributed by atoms with van der Waals surface area (Å²) >= 11 is 0. The zero-order valence-electron chi connectivity index (χ0n) is 22.8. The number of aromatic nitrogens is 1. The number of rotatable bonds is 2. The number of pyridine rings is 1. The van der Waals surface area contributed by atoms with E-state index >= 15 is 4.39 Å². The summed E-state index contributed by atoms with van der Waals surface area (Å²) in [6.07, 6.45) is 2.10. The molecule has 0 atom stereocenters. The van der Waals surface area contributed by atoms with Crippen LogP contribution in [-0.4, -0.2) is 0 Å². The van der Waals surface area contributed by atoms with E-state index in [1.807, 2.05) is 61.6 Å². The molecule has 2 nitrogen and oxygen atoms in total. The predicted molar refractivity (Wildman–Crippen MR) is 155 cm³/mol. The van der Waals surface area contributed by atoms with Gasteiger partial charge in [0.25, 0.3) is 0 Å². The van der Waals surface area contributed by atoms with E-state index in [4.69, 9.17) is 4.42 Å². The lowest BCUT2D eigenvalue weighted by atomic mass is 9.91. The van der Waals surface area contributed by atoms with Crippen LogP contribution < -0.4 is 4.57 Å². The smallest absolute Gasteiger partial charge is 0.216 e. The molecule has 2 aromatic heterocycles. The molecule has 38 heavy (non-hydrogen) atoms. The molecule has 0 amide bonds. The van der Waals surface area contributed by atoms with E-state index in [9.17, 15) is 1.37 Å². The van der Waals surface area contributed by atoms with Gasteiger partial charge in [-0.15, -0.1) is 0 Å². The first-order chi connectivity index (χ1) is 18.8. The number of aryl methyl sites for hydroxylation is 4. The topological polar surface area (TPSA) is 17.0 Å². The van der Waals surface area contributed by atoms with Crippen LogP contribution in [0.25, 0.3) is 65.9 Å². The van der Waals surface area contributed by atoms with Crippen LogP contribution >= 0.6 is 0 Å². The van der Waals surface area contributed by atoms with E-state index in [-0.39, 0.29) is 0 Å². The minimum atomic E-state index is -0.396. The van der Waals surface area contributed by atoms with Gasteiger partial charge in [-0.3, -0.25) is 0 Å². The van der Waals surface area contributed by atoms with Crippen LogP contribution in [0.1, 0.15) is 18.1 Å². The molecule has 0 unspecified atom stereocenters. The largest absolute Gasteiger partial charge is 0.454 e. The number of fused-ring (bicyclic) bond motifs is 6. The Bertz CT molecular complexity index is 2140. The molecule has 0 aliphatic heterocycles. The Labute approximate surface area is 222 Å². The maximum Gasteiger partial charge on any atom is 0.216 e. The number of furan rings is 1. The summed E-state index contributed by atoms with van der Waals surface area (Å²) < 4.78 is 34.1. The summed E-state index contributed by atoms with van der Waals surface area (Å²) in [6.45, 7) is 6.24. The molecule has 0 saturated carbocycles. The maximum atomic E-state index is 16.0. The maximum absolute atomic E-state index is 16.0. The zero-order valence-corrected chi connectivity index (χ0v) is 21.8. The molecule has 0 radical (unpaired) electrons. The first-order valence-corrected chi connectivity index (χ1v) is 12.9. The van der Waals surface area contributed by atoms with Crippen molar-refractivity contribution in [1.29, 1.82) is 0 Å². The minimum absolute atomic E-state index is 0.300. The Kier molecular flexibility index (Phi) is 4.69. The van der Waals surface area contributed by atoms with Crippen molar-refractivity contribution < 1.29 is 14.7 Å². The summed E-state index contributed by atoms with van der Waals surface area (Å²) in [5.41, 5.74) is 7.48. The van der Waals surface area contributed by atoms with Crippen LogP contribution in [0.2, 0.25) is 0 Å². The van der Waals surface area contributed by atoms with Gasteiger partial charge in [-0.1, -0.05) is 54.6 Å². The van der Waals surface area contributed by atoms with Crippen molar-refractivity contribution >= 4 is 43.5 Å². The van der Waals surface area contributed by atoms with Gasteiger partial charge in [0.15, 0.2) is 6.20 Å². The zero-order chi connectivity index (χ0) is 27.0. The van der Waals surface area contributed by atoms with Gasteiger partial charge in [-0.05, 0) is 83.2 Å². The van der Waals surface area contributed by atoms with Gasteiger partial charge in [0.1, 0.15) is 24.0 Å². The third-order valence-corrected chi connectivity index (χ3v) is 7.72. The Morgan fingerprint density at radius 1 is 0.737 bits per heavy atom. The number of halogens is 1. The number of hydrogen-bond donors (Lipinski definition) is 0. The molecule has 184 valence electrons. The van der Waals surface area contributed by atoms with Crippen molar-refractivity contribution in [3.63, 3.8) is 0 Å². The summed E-state index contributed by atoms with van der Waals surface area (Å²) in [5, 5.41) is 5.44. The van der Waals surface area contributed by atoms with Crippen molar-refractivity contribution in [2.45, 2.75) is 20.8 Å². The summed E-state index contributed by atoms with van der Waals surface area (Å²) in [7, 11) is 2.04. The Balaban J connectivity index is 1.67. The molecular weight excluding hydrogens is 469 g/mol. The fourth-order valence-electron chi connectivity index (χ4n) is 6.07. The summed E-state index contributed by atoms with van der Waals surface area (Å²) in [4.78, 5) is 0. The van der Waals surface area contributed by atoms with E-state index in [0.717, 1.165) is 60.3 Å². The second-order valence-electron chi connectivity index (χ2n) is 10.3. The van der Waals surface area contributed by atoms with E-state index < -0.39 is 5.82 Å². The second kappa shape index (κ2) is 8.26. The molecule has 5 aromatic carbocycles. The van der Waals surface area contributed by atoms with Crippen LogP contribution in [0.15, 0.2) is 95.5 Å². The van der Waals surface area contributed by atoms with E-state index in [0.29, 0.717) is 22.8 Å². The van der Waals surface area contributed by atoms with Crippen LogP contribution in [0.5, 0.6) is 0 Å². The molecule has 0 spiro atoms. The SMILES string of the molecule is [2H]c1c(-c2c(F)ccc3c2oc2c(-c4ccc(C)c[n+]4C)c(C)cc(C)c23)c2ccccc2c2ccccc12. The molecule has 2 heterocycles. The van der Waals surface area contributed by atoms with Crippen LogP contribution in [0.3, 0.4) is 0 Å². The highest BCUT2D eigenvalue weighted by Crippen LogP contribution is 2.45. The van der Waals surface area contributed by atoms with Crippen molar-refractivity contribution in [3.8, 4) is 22.4 Å². The van der Waals surface area contributed by atoms with Gasteiger partial charge < -0.3 is 4.42 Å². The third-order valence-electron chi connectivity index (χ3n) is 7.72. The average Bonchev–Trinajstić information content (AvgIpc) is 3.31. The molecule has 0 aliphatic carbocycles. The van der Waals surface area contributed by atoms with Crippen molar-refractivity contribution in [2.24, 2.45) is 7.05 Å². The highest BCUT2D eigenvalue weighted by atomic mass is 19.1. The standard InChI is InChI=1S/C35H27FNO/c1-20-13-16-30(37(4)19-20)32-22(3)17-21(2)31-27-14-15-29(36)33(34(27)38-35(31)32)28-18-23-9-5-6-10-24(23)25-11-7-8-12-26(25)28/h5-19H,1-4H3/q+1/i18D. The fraction of sp³-hybridized carbons (Fsp3) is 0.114. The highest BCUT2D eigenvalue weighted by Gasteiger charge is 2.25. The molecule has 0 aliphatic rings.